The van der Waals surface area contributed by atoms with Gasteiger partial charge in [-0.3, -0.25) is 9.69 Å². The number of anilines is 1. The number of rotatable bonds is 7. The van der Waals surface area contributed by atoms with Crippen molar-refractivity contribution < 1.29 is 14.3 Å². The van der Waals surface area contributed by atoms with E-state index in [0.717, 1.165) is 16.9 Å². The number of aliphatic imine (C=N–C) groups is 1. The molecule has 4 rings (SSSR count). The van der Waals surface area contributed by atoms with Gasteiger partial charge < -0.3 is 9.47 Å². The zero-order valence-electron chi connectivity index (χ0n) is 17.6. The molecule has 1 heterocycles. The van der Waals surface area contributed by atoms with E-state index in [1.807, 2.05) is 84.9 Å². The molecule has 3 aromatic carbocycles. The monoisotopic (exact) mass is 442 g/mol. The molecule has 0 radical (unpaired) electrons. The molecule has 1 fully saturated rings. The highest BCUT2D eigenvalue weighted by atomic mass is 32.2. The quantitative estimate of drug-likeness (QED) is 0.329. The molecule has 1 amide bonds. The van der Waals surface area contributed by atoms with Crippen LogP contribution in [0.15, 0.2) is 101 Å². The highest BCUT2D eigenvalue weighted by Crippen LogP contribution is 2.40. The average molecular weight is 443 g/mol. The Morgan fingerprint density at radius 2 is 1.72 bits per heavy atom. The Kier molecular flexibility index (Phi) is 6.72. The molecule has 1 aliphatic heterocycles. The molecule has 0 atom stereocenters. The van der Waals surface area contributed by atoms with Crippen molar-refractivity contribution >= 4 is 40.3 Å². The molecule has 32 heavy (non-hydrogen) atoms. The van der Waals surface area contributed by atoms with E-state index >= 15 is 0 Å². The highest BCUT2D eigenvalue weighted by Gasteiger charge is 2.35. The first-order valence-corrected chi connectivity index (χ1v) is 10.9. The van der Waals surface area contributed by atoms with Crippen molar-refractivity contribution in [3.8, 4) is 11.5 Å². The van der Waals surface area contributed by atoms with Gasteiger partial charge in [-0.15, -0.1) is 0 Å². The molecule has 0 unspecified atom stereocenters. The number of nitrogens with zero attached hydrogens (tertiary/aromatic N) is 2. The smallest absolute Gasteiger partial charge is 0.271 e. The normalized spacial score (nSPS) is 15.9. The van der Waals surface area contributed by atoms with E-state index in [0.29, 0.717) is 28.2 Å². The first kappa shape index (κ1) is 21.5. The molecule has 1 aliphatic rings. The Morgan fingerprint density at radius 3 is 2.41 bits per heavy atom. The summed E-state index contributed by atoms with van der Waals surface area (Å²) in [4.78, 5) is 20.4. The van der Waals surface area contributed by atoms with Gasteiger partial charge in [-0.05, 0) is 48.2 Å². The summed E-state index contributed by atoms with van der Waals surface area (Å²) in [7, 11) is 1.59. The van der Waals surface area contributed by atoms with Crippen molar-refractivity contribution in [2.75, 3.05) is 18.6 Å². The van der Waals surface area contributed by atoms with Crippen LogP contribution in [0.5, 0.6) is 11.5 Å². The van der Waals surface area contributed by atoms with Crippen LogP contribution in [0.3, 0.4) is 0 Å². The van der Waals surface area contributed by atoms with Crippen molar-refractivity contribution in [3.63, 3.8) is 0 Å². The third-order valence-corrected chi connectivity index (χ3v) is 5.63. The van der Waals surface area contributed by atoms with Gasteiger partial charge in [0.15, 0.2) is 16.7 Å². The van der Waals surface area contributed by atoms with Crippen LogP contribution >= 0.6 is 11.8 Å². The molecule has 1 saturated heterocycles. The van der Waals surface area contributed by atoms with Crippen LogP contribution in [0.2, 0.25) is 0 Å². The first-order chi connectivity index (χ1) is 15.7. The maximum atomic E-state index is 13.5. The Morgan fingerprint density at radius 1 is 1.00 bits per heavy atom. The summed E-state index contributed by atoms with van der Waals surface area (Å²) in [6.07, 6.45) is 3.48. The molecule has 0 aliphatic carbocycles. The summed E-state index contributed by atoms with van der Waals surface area (Å²) in [5.74, 6) is 1.01. The zero-order chi connectivity index (χ0) is 22.3. The summed E-state index contributed by atoms with van der Waals surface area (Å²) in [6.45, 7) is 4.04. The number of carbonyl (C=O) groups excluding carboxylic acids is 1. The predicted octanol–water partition coefficient (Wildman–Crippen LogP) is 6.07. The highest BCUT2D eigenvalue weighted by molar-refractivity contribution is 8.19. The Hall–Kier alpha value is -3.77. The fourth-order valence-electron chi connectivity index (χ4n) is 3.21. The van der Waals surface area contributed by atoms with Gasteiger partial charge in [0.25, 0.3) is 5.91 Å². The topological polar surface area (TPSA) is 51.1 Å². The van der Waals surface area contributed by atoms with E-state index in [1.54, 1.807) is 18.1 Å². The van der Waals surface area contributed by atoms with E-state index in [2.05, 4.69) is 6.58 Å². The maximum absolute atomic E-state index is 13.5. The van der Waals surface area contributed by atoms with Gasteiger partial charge in [-0.1, -0.05) is 61.2 Å². The Bertz CT molecular complexity index is 1170. The average Bonchev–Trinajstić information content (AvgIpc) is 3.13. The first-order valence-electron chi connectivity index (χ1n) is 10.0. The van der Waals surface area contributed by atoms with Gasteiger partial charge in [0.1, 0.15) is 6.61 Å². The molecule has 3 aromatic rings. The number of ether oxygens (including phenoxy) is 2. The largest absolute Gasteiger partial charge is 0.493 e. The van der Waals surface area contributed by atoms with Gasteiger partial charge in [0.05, 0.1) is 23.4 Å². The maximum Gasteiger partial charge on any atom is 0.271 e. The Balaban J connectivity index is 1.78. The number of hydrogen-bond donors (Lipinski definition) is 0. The SMILES string of the molecule is C=CCOc1c(/C=C2/SC(=Nc3ccccc3)N(c3ccccc3)C2=O)cccc1OC. The summed E-state index contributed by atoms with van der Waals surface area (Å²) < 4.78 is 11.3. The summed E-state index contributed by atoms with van der Waals surface area (Å²) in [5, 5.41) is 0.593. The summed E-state index contributed by atoms with van der Waals surface area (Å²) in [5.41, 5.74) is 2.29. The van der Waals surface area contributed by atoms with Crippen LogP contribution in [0, 0.1) is 0 Å². The lowest BCUT2D eigenvalue weighted by molar-refractivity contribution is -0.113. The summed E-state index contributed by atoms with van der Waals surface area (Å²) in [6, 6.07) is 24.7. The van der Waals surface area contributed by atoms with E-state index in [9.17, 15) is 4.79 Å². The van der Waals surface area contributed by atoms with Gasteiger partial charge >= 0.3 is 0 Å². The molecule has 0 aromatic heterocycles. The van der Waals surface area contributed by atoms with Gasteiger partial charge in [0, 0.05) is 5.56 Å². The van der Waals surface area contributed by atoms with Gasteiger partial charge in [-0.25, -0.2) is 4.99 Å². The van der Waals surface area contributed by atoms with Gasteiger partial charge in [0.2, 0.25) is 0 Å². The van der Waals surface area contributed by atoms with Crippen molar-refractivity contribution in [3.05, 3.63) is 102 Å². The van der Waals surface area contributed by atoms with E-state index < -0.39 is 0 Å². The van der Waals surface area contributed by atoms with Crippen molar-refractivity contribution in [2.24, 2.45) is 4.99 Å². The lowest BCUT2D eigenvalue weighted by Crippen LogP contribution is -2.28. The zero-order valence-corrected chi connectivity index (χ0v) is 18.4. The molecule has 0 spiro atoms. The predicted molar refractivity (Wildman–Crippen MR) is 132 cm³/mol. The van der Waals surface area contributed by atoms with Crippen LogP contribution in [0.4, 0.5) is 11.4 Å². The molecule has 0 saturated carbocycles. The van der Waals surface area contributed by atoms with Crippen molar-refractivity contribution in [2.45, 2.75) is 0 Å². The number of benzene rings is 3. The van der Waals surface area contributed by atoms with Crippen molar-refractivity contribution in [1.29, 1.82) is 0 Å². The van der Waals surface area contributed by atoms with E-state index in [-0.39, 0.29) is 5.91 Å². The van der Waals surface area contributed by atoms with E-state index in [4.69, 9.17) is 14.5 Å². The minimum absolute atomic E-state index is 0.145. The van der Waals surface area contributed by atoms with Crippen LogP contribution in [-0.4, -0.2) is 24.8 Å². The number of thioether (sulfide) groups is 1. The summed E-state index contributed by atoms with van der Waals surface area (Å²) >= 11 is 1.33. The second-order valence-electron chi connectivity index (χ2n) is 6.79. The van der Waals surface area contributed by atoms with Crippen molar-refractivity contribution in [1.82, 2.24) is 0 Å². The minimum atomic E-state index is -0.145. The third kappa shape index (κ3) is 4.60. The number of amides is 1. The van der Waals surface area contributed by atoms with E-state index in [1.165, 1.54) is 11.8 Å². The third-order valence-electron chi connectivity index (χ3n) is 4.66. The molecule has 5 nitrogen and oxygen atoms in total. The molecule has 0 bridgehead atoms. The number of hydrogen-bond acceptors (Lipinski definition) is 5. The number of para-hydroxylation sites is 3. The lowest BCUT2D eigenvalue weighted by Gasteiger charge is -2.15. The fourth-order valence-corrected chi connectivity index (χ4v) is 4.20. The number of amidine groups is 1. The molecular formula is C26H22N2O3S. The van der Waals surface area contributed by atoms with Gasteiger partial charge in [-0.2, -0.15) is 0 Å². The second-order valence-corrected chi connectivity index (χ2v) is 7.80. The van der Waals surface area contributed by atoms with Crippen LogP contribution in [0.25, 0.3) is 6.08 Å². The fraction of sp³-hybridized carbons (Fsp3) is 0.0769. The second kappa shape index (κ2) is 10.0. The minimum Gasteiger partial charge on any atom is -0.493 e. The molecule has 160 valence electrons. The van der Waals surface area contributed by atoms with Crippen LogP contribution in [0.1, 0.15) is 5.56 Å². The standard InChI is InChI=1S/C26H22N2O3S/c1-3-17-31-24-19(11-10-16-22(24)30-2)18-23-25(29)28(21-14-8-5-9-15-21)26(32-23)27-20-12-6-4-7-13-20/h3-16,18H,1,17H2,2H3/b23-18+,27-26?. The molecule has 0 N–H and O–H groups in total. The number of methoxy groups -OCH3 is 1. The Labute approximate surface area is 191 Å². The molecule has 6 heteroatoms. The van der Waals surface area contributed by atoms with Crippen LogP contribution in [-0.2, 0) is 4.79 Å². The number of carbonyl (C=O) groups is 1. The lowest BCUT2D eigenvalue weighted by atomic mass is 10.1. The molecular weight excluding hydrogens is 420 g/mol. The van der Waals surface area contributed by atoms with Crippen LogP contribution < -0.4 is 14.4 Å².